The highest BCUT2D eigenvalue weighted by atomic mass is 16.5. The number of hydrogen-bond acceptors (Lipinski definition) is 5. The van der Waals surface area contributed by atoms with Gasteiger partial charge in [-0.2, -0.15) is 0 Å². The lowest BCUT2D eigenvalue weighted by Gasteiger charge is -2.25. The third kappa shape index (κ3) is 2.12. The van der Waals surface area contributed by atoms with Crippen molar-refractivity contribution in [1.82, 2.24) is 9.55 Å². The lowest BCUT2D eigenvalue weighted by Crippen LogP contribution is -2.39. The van der Waals surface area contributed by atoms with Gasteiger partial charge in [0.2, 0.25) is 0 Å². The first-order valence-electron chi connectivity index (χ1n) is 5.73. The molecule has 0 amide bonds. The van der Waals surface area contributed by atoms with Crippen molar-refractivity contribution in [3.63, 3.8) is 0 Å². The highest BCUT2D eigenvalue weighted by molar-refractivity contribution is 5.02. The van der Waals surface area contributed by atoms with Gasteiger partial charge in [0.05, 0.1) is 13.2 Å². The first kappa shape index (κ1) is 13.0. The molecular weight excluding hydrogens is 240 g/mol. The molecule has 1 saturated heterocycles. The molecule has 0 spiro atoms. The number of H-pyrrole nitrogens is 1. The van der Waals surface area contributed by atoms with E-state index in [9.17, 15) is 19.8 Å². The second kappa shape index (κ2) is 4.68. The average molecular weight is 256 g/mol. The van der Waals surface area contributed by atoms with Crippen molar-refractivity contribution in [2.24, 2.45) is 0 Å². The number of rotatable bonds is 3. The molecule has 1 aliphatic rings. The van der Waals surface area contributed by atoms with Gasteiger partial charge in [0.1, 0.15) is 11.8 Å². The summed E-state index contributed by atoms with van der Waals surface area (Å²) in [5.74, 6) is 0. The second-order valence-corrected chi connectivity index (χ2v) is 4.59. The molecular formula is C11H16N2O5. The fourth-order valence-electron chi connectivity index (χ4n) is 2.07. The van der Waals surface area contributed by atoms with Crippen LogP contribution in [0, 0.1) is 6.92 Å². The van der Waals surface area contributed by atoms with E-state index in [0.29, 0.717) is 18.4 Å². The second-order valence-electron chi connectivity index (χ2n) is 4.59. The Morgan fingerprint density at radius 3 is 2.72 bits per heavy atom. The van der Waals surface area contributed by atoms with E-state index < -0.39 is 23.1 Å². The molecule has 100 valence electrons. The molecule has 0 aliphatic carbocycles. The Morgan fingerprint density at radius 2 is 2.17 bits per heavy atom. The Labute approximate surface area is 103 Å². The largest absolute Gasteiger partial charge is 0.393 e. The molecule has 0 radical (unpaired) electrons. The van der Waals surface area contributed by atoms with E-state index >= 15 is 0 Å². The zero-order valence-corrected chi connectivity index (χ0v) is 10.0. The zero-order valence-electron chi connectivity index (χ0n) is 10.0. The van der Waals surface area contributed by atoms with Crippen molar-refractivity contribution in [1.29, 1.82) is 0 Å². The van der Waals surface area contributed by atoms with Crippen LogP contribution in [0.3, 0.4) is 0 Å². The Kier molecular flexibility index (Phi) is 3.38. The smallest absolute Gasteiger partial charge is 0.330 e. The predicted octanol–water partition coefficient (Wildman–Crippen LogP) is -1.12. The molecule has 7 heteroatoms. The van der Waals surface area contributed by atoms with E-state index in [1.54, 1.807) is 6.92 Å². The van der Waals surface area contributed by atoms with Gasteiger partial charge in [0, 0.05) is 11.8 Å². The molecule has 1 fully saturated rings. The summed E-state index contributed by atoms with van der Waals surface area (Å²) in [5, 5.41) is 18.4. The van der Waals surface area contributed by atoms with E-state index in [1.807, 2.05) is 0 Å². The number of ether oxygens (including phenoxy) is 1. The van der Waals surface area contributed by atoms with E-state index in [0.717, 1.165) is 0 Å². The molecule has 0 bridgehead atoms. The topological polar surface area (TPSA) is 105 Å². The third-order valence-electron chi connectivity index (χ3n) is 3.27. The van der Waals surface area contributed by atoms with Crippen LogP contribution in [0.1, 0.15) is 24.6 Å². The summed E-state index contributed by atoms with van der Waals surface area (Å²) in [6, 6.07) is 0. The molecule has 1 aliphatic heterocycles. The van der Waals surface area contributed by atoms with Gasteiger partial charge in [0.15, 0.2) is 0 Å². The third-order valence-corrected chi connectivity index (χ3v) is 3.27. The van der Waals surface area contributed by atoms with Crippen molar-refractivity contribution in [2.45, 2.75) is 31.6 Å². The number of aliphatic hydroxyl groups is 2. The summed E-state index contributed by atoms with van der Waals surface area (Å²) >= 11 is 0. The van der Waals surface area contributed by atoms with Crippen molar-refractivity contribution in [3.05, 3.63) is 32.6 Å². The molecule has 3 N–H and O–H groups in total. The minimum Gasteiger partial charge on any atom is -0.393 e. The molecule has 2 rings (SSSR count). The molecule has 0 aromatic carbocycles. The minimum atomic E-state index is -1.01. The number of nitrogens with one attached hydrogen (secondary N) is 1. The first-order valence-corrected chi connectivity index (χ1v) is 5.73. The Bertz CT molecular complexity index is 543. The van der Waals surface area contributed by atoms with Crippen LogP contribution in [0.15, 0.2) is 15.8 Å². The SMILES string of the molecule is Cc1cn(C2CCC(CO)(CO)O2)c(=O)[nH]c1=O. The van der Waals surface area contributed by atoms with Crippen LogP contribution < -0.4 is 11.2 Å². The summed E-state index contributed by atoms with van der Waals surface area (Å²) in [5.41, 5.74) is -1.58. The number of aliphatic hydroxyl groups excluding tert-OH is 2. The normalized spacial score (nSPS) is 22.3. The van der Waals surface area contributed by atoms with Gasteiger partial charge in [-0.1, -0.05) is 0 Å². The van der Waals surface area contributed by atoms with Gasteiger partial charge in [-0.3, -0.25) is 14.3 Å². The highest BCUT2D eigenvalue weighted by Gasteiger charge is 2.40. The fourth-order valence-corrected chi connectivity index (χ4v) is 2.07. The van der Waals surface area contributed by atoms with Gasteiger partial charge >= 0.3 is 5.69 Å². The number of aromatic nitrogens is 2. The van der Waals surface area contributed by atoms with Crippen molar-refractivity contribution >= 4 is 0 Å². The quantitative estimate of drug-likeness (QED) is 0.635. The maximum absolute atomic E-state index is 11.7. The number of hydrogen-bond donors (Lipinski definition) is 3. The summed E-state index contributed by atoms with van der Waals surface area (Å²) in [4.78, 5) is 25.1. The van der Waals surface area contributed by atoms with Crippen LogP contribution in [0.25, 0.3) is 0 Å². The maximum atomic E-state index is 11.7. The standard InChI is InChI=1S/C11H16N2O5/c1-7-4-13(10(17)12-9(7)16)8-2-3-11(5-14,6-15)18-8/h4,8,14-15H,2-3,5-6H2,1H3,(H,12,16,17). The Morgan fingerprint density at radius 1 is 1.50 bits per heavy atom. The number of aromatic amines is 1. The average Bonchev–Trinajstić information content (AvgIpc) is 2.79. The Hall–Kier alpha value is -1.44. The lowest BCUT2D eigenvalue weighted by atomic mass is 10.0. The molecule has 1 unspecified atom stereocenters. The van der Waals surface area contributed by atoms with Gasteiger partial charge in [-0.15, -0.1) is 0 Å². The minimum absolute atomic E-state index is 0.308. The maximum Gasteiger partial charge on any atom is 0.330 e. The van der Waals surface area contributed by atoms with Crippen LogP contribution in [0.2, 0.25) is 0 Å². The van der Waals surface area contributed by atoms with E-state index in [1.165, 1.54) is 10.8 Å². The summed E-state index contributed by atoms with van der Waals surface area (Å²) < 4.78 is 6.83. The zero-order chi connectivity index (χ0) is 13.3. The number of aryl methyl sites for hydroxylation is 1. The van der Waals surface area contributed by atoms with Crippen LogP contribution in [-0.2, 0) is 4.74 Å². The van der Waals surface area contributed by atoms with Crippen molar-refractivity contribution in [2.75, 3.05) is 13.2 Å². The van der Waals surface area contributed by atoms with Crippen LogP contribution >= 0.6 is 0 Å². The summed E-state index contributed by atoms with van der Waals surface area (Å²) in [6.07, 6.45) is 1.80. The van der Waals surface area contributed by atoms with Gasteiger partial charge in [-0.25, -0.2) is 4.79 Å². The van der Waals surface area contributed by atoms with E-state index in [-0.39, 0.29) is 13.2 Å². The highest BCUT2D eigenvalue weighted by Crippen LogP contribution is 2.35. The lowest BCUT2D eigenvalue weighted by molar-refractivity contribution is -0.122. The molecule has 18 heavy (non-hydrogen) atoms. The van der Waals surface area contributed by atoms with Gasteiger partial charge in [-0.05, 0) is 19.8 Å². The summed E-state index contributed by atoms with van der Waals surface area (Å²) in [7, 11) is 0. The monoisotopic (exact) mass is 256 g/mol. The molecule has 1 aromatic heterocycles. The molecule has 7 nitrogen and oxygen atoms in total. The predicted molar refractivity (Wildman–Crippen MR) is 62.3 cm³/mol. The van der Waals surface area contributed by atoms with E-state index in [4.69, 9.17) is 4.74 Å². The van der Waals surface area contributed by atoms with Crippen molar-refractivity contribution in [3.8, 4) is 0 Å². The van der Waals surface area contributed by atoms with Crippen LogP contribution in [0.4, 0.5) is 0 Å². The molecule has 2 heterocycles. The van der Waals surface area contributed by atoms with Crippen molar-refractivity contribution < 1.29 is 14.9 Å². The molecule has 0 saturated carbocycles. The molecule has 1 atom stereocenters. The van der Waals surface area contributed by atoms with Gasteiger partial charge < -0.3 is 14.9 Å². The van der Waals surface area contributed by atoms with Gasteiger partial charge in [0.25, 0.3) is 5.56 Å². The van der Waals surface area contributed by atoms with Crippen LogP contribution in [-0.4, -0.2) is 38.6 Å². The van der Waals surface area contributed by atoms with E-state index in [2.05, 4.69) is 4.98 Å². The number of nitrogens with zero attached hydrogens (tertiary/aromatic N) is 1. The first-order chi connectivity index (χ1) is 8.51. The van der Waals surface area contributed by atoms with Crippen LogP contribution in [0.5, 0.6) is 0 Å². The Balaban J connectivity index is 2.33. The molecule has 1 aromatic rings. The fraction of sp³-hybridized carbons (Fsp3) is 0.636. The summed E-state index contributed by atoms with van der Waals surface area (Å²) in [6.45, 7) is 0.975.